The van der Waals surface area contributed by atoms with Gasteiger partial charge in [-0.1, -0.05) is 0 Å². The largest absolute Gasteiger partial charge is 0.464 e. The minimum absolute atomic E-state index is 0.247. The molecule has 0 aliphatic carbocycles. The quantitative estimate of drug-likeness (QED) is 0.807. The number of methoxy groups -OCH3 is 1. The van der Waals surface area contributed by atoms with Crippen LogP contribution in [0.5, 0.6) is 0 Å². The summed E-state index contributed by atoms with van der Waals surface area (Å²) in [5, 5.41) is 3.35. The van der Waals surface area contributed by atoms with Gasteiger partial charge in [0.1, 0.15) is 5.82 Å². The van der Waals surface area contributed by atoms with Crippen molar-refractivity contribution in [2.24, 2.45) is 5.92 Å². The van der Waals surface area contributed by atoms with Crippen LogP contribution < -0.4 is 10.2 Å². The Labute approximate surface area is 113 Å². The second-order valence-electron chi connectivity index (χ2n) is 4.83. The number of carbonyl (C=O) groups is 1. The molecule has 1 aliphatic rings. The molecular formula is C13H20N4O2. The molecule has 1 aromatic heterocycles. The van der Waals surface area contributed by atoms with Crippen LogP contribution in [0.1, 0.15) is 23.3 Å². The number of esters is 1. The molecule has 1 aromatic rings. The van der Waals surface area contributed by atoms with Gasteiger partial charge >= 0.3 is 5.97 Å². The zero-order chi connectivity index (χ0) is 13.7. The van der Waals surface area contributed by atoms with Crippen LogP contribution in [0, 0.1) is 5.92 Å². The first-order valence-electron chi connectivity index (χ1n) is 6.53. The molecule has 0 atom stereocenters. The third-order valence-electron chi connectivity index (χ3n) is 3.40. The van der Waals surface area contributed by atoms with Crippen LogP contribution in [0.2, 0.25) is 0 Å². The zero-order valence-electron chi connectivity index (χ0n) is 11.4. The lowest BCUT2D eigenvalue weighted by Crippen LogP contribution is -2.35. The monoisotopic (exact) mass is 264 g/mol. The summed E-state index contributed by atoms with van der Waals surface area (Å²) in [6.07, 6.45) is 5.45. The van der Waals surface area contributed by atoms with Crippen LogP contribution in [0.25, 0.3) is 0 Å². The van der Waals surface area contributed by atoms with Gasteiger partial charge in [-0.05, 0) is 31.8 Å². The number of hydrogen-bond acceptors (Lipinski definition) is 6. The van der Waals surface area contributed by atoms with Gasteiger partial charge in [0.15, 0.2) is 5.69 Å². The van der Waals surface area contributed by atoms with Crippen molar-refractivity contribution in [3.05, 3.63) is 18.1 Å². The van der Waals surface area contributed by atoms with Crippen LogP contribution in [0.4, 0.5) is 5.82 Å². The number of ether oxygens (including phenoxy) is 1. The summed E-state index contributed by atoms with van der Waals surface area (Å²) >= 11 is 0. The van der Waals surface area contributed by atoms with Gasteiger partial charge in [0.25, 0.3) is 0 Å². The Balaban J connectivity index is 2.01. The molecule has 1 saturated heterocycles. The molecule has 0 saturated carbocycles. The fourth-order valence-corrected chi connectivity index (χ4v) is 2.29. The Morgan fingerprint density at radius 1 is 1.47 bits per heavy atom. The van der Waals surface area contributed by atoms with Crippen LogP contribution in [-0.4, -0.2) is 49.7 Å². The smallest absolute Gasteiger partial charge is 0.358 e. The number of anilines is 1. The molecule has 104 valence electrons. The predicted octanol–water partition coefficient (Wildman–Crippen LogP) is 0.699. The average Bonchev–Trinajstić information content (AvgIpc) is 2.47. The van der Waals surface area contributed by atoms with Crippen LogP contribution in [-0.2, 0) is 4.74 Å². The molecule has 0 radical (unpaired) electrons. The summed E-state index contributed by atoms with van der Waals surface area (Å²) in [7, 11) is 3.32. The summed E-state index contributed by atoms with van der Waals surface area (Å²) < 4.78 is 4.65. The fourth-order valence-electron chi connectivity index (χ4n) is 2.29. The van der Waals surface area contributed by atoms with Gasteiger partial charge in [-0.2, -0.15) is 0 Å². The molecule has 0 unspecified atom stereocenters. The Morgan fingerprint density at radius 3 is 2.89 bits per heavy atom. The summed E-state index contributed by atoms with van der Waals surface area (Å²) in [6.45, 7) is 3.08. The molecule has 0 aromatic carbocycles. The summed E-state index contributed by atoms with van der Waals surface area (Å²) in [5.41, 5.74) is 0.247. The first-order valence-corrected chi connectivity index (χ1v) is 6.53. The van der Waals surface area contributed by atoms with Crippen LogP contribution >= 0.6 is 0 Å². The first kappa shape index (κ1) is 13.7. The Bertz CT molecular complexity index is 432. The SMILES string of the molecule is COC(=O)c1cncc(N(C)CC2CCNCC2)n1. The summed E-state index contributed by atoms with van der Waals surface area (Å²) in [6, 6.07) is 0. The number of nitrogens with zero attached hydrogens (tertiary/aromatic N) is 3. The summed E-state index contributed by atoms with van der Waals surface area (Å²) in [4.78, 5) is 21.8. The van der Waals surface area contributed by atoms with Gasteiger partial charge in [-0.3, -0.25) is 4.98 Å². The van der Waals surface area contributed by atoms with Crippen molar-refractivity contribution in [3.63, 3.8) is 0 Å². The van der Waals surface area contributed by atoms with Gasteiger partial charge in [0.2, 0.25) is 0 Å². The van der Waals surface area contributed by atoms with Crippen molar-refractivity contribution in [2.45, 2.75) is 12.8 Å². The van der Waals surface area contributed by atoms with E-state index < -0.39 is 5.97 Å². The van der Waals surface area contributed by atoms with Crippen molar-refractivity contribution in [1.29, 1.82) is 0 Å². The predicted molar refractivity (Wildman–Crippen MR) is 72.2 cm³/mol. The van der Waals surface area contributed by atoms with Crippen LogP contribution in [0.3, 0.4) is 0 Å². The van der Waals surface area contributed by atoms with Gasteiger partial charge in [-0.25, -0.2) is 9.78 Å². The van der Waals surface area contributed by atoms with Crippen LogP contribution in [0.15, 0.2) is 12.4 Å². The highest BCUT2D eigenvalue weighted by atomic mass is 16.5. The van der Waals surface area contributed by atoms with Crippen molar-refractivity contribution >= 4 is 11.8 Å². The molecule has 19 heavy (non-hydrogen) atoms. The lowest BCUT2D eigenvalue weighted by atomic mass is 9.98. The highest BCUT2D eigenvalue weighted by Crippen LogP contribution is 2.16. The average molecular weight is 264 g/mol. The number of aromatic nitrogens is 2. The molecule has 1 N–H and O–H groups in total. The topological polar surface area (TPSA) is 67.3 Å². The lowest BCUT2D eigenvalue weighted by molar-refractivity contribution is 0.0593. The molecule has 2 heterocycles. The lowest BCUT2D eigenvalue weighted by Gasteiger charge is -2.28. The van der Waals surface area contributed by atoms with Gasteiger partial charge in [0, 0.05) is 13.6 Å². The van der Waals surface area contributed by atoms with E-state index in [1.807, 2.05) is 7.05 Å². The first-order chi connectivity index (χ1) is 9.20. The number of nitrogens with one attached hydrogen (secondary N) is 1. The van der Waals surface area contributed by atoms with Gasteiger partial charge in [0.05, 0.1) is 19.5 Å². The van der Waals surface area contributed by atoms with Crippen molar-refractivity contribution in [2.75, 3.05) is 38.7 Å². The van der Waals surface area contributed by atoms with E-state index in [4.69, 9.17) is 0 Å². The standard InChI is InChI=1S/C13H20N4O2/c1-17(9-10-3-5-14-6-4-10)12-8-15-7-11(16-12)13(18)19-2/h7-8,10,14H,3-6,9H2,1-2H3. The van der Waals surface area contributed by atoms with E-state index in [2.05, 4.69) is 24.9 Å². The summed E-state index contributed by atoms with van der Waals surface area (Å²) in [5.74, 6) is 0.917. The fraction of sp³-hybridized carbons (Fsp3) is 0.615. The molecule has 0 spiro atoms. The molecule has 1 fully saturated rings. The normalized spacial score (nSPS) is 16.1. The molecule has 1 aliphatic heterocycles. The van der Waals surface area contributed by atoms with Crippen molar-refractivity contribution < 1.29 is 9.53 Å². The molecular weight excluding hydrogens is 244 g/mol. The molecule has 2 rings (SSSR count). The second kappa shape index (κ2) is 6.47. The van der Waals surface area contributed by atoms with Crippen molar-refractivity contribution in [3.8, 4) is 0 Å². The molecule has 0 bridgehead atoms. The van der Waals surface area contributed by atoms with Gasteiger partial charge in [-0.15, -0.1) is 0 Å². The highest BCUT2D eigenvalue weighted by Gasteiger charge is 2.17. The molecule has 6 heteroatoms. The Kier molecular flexibility index (Phi) is 4.68. The number of rotatable bonds is 4. The zero-order valence-corrected chi connectivity index (χ0v) is 11.4. The molecule has 0 amide bonds. The van der Waals surface area contributed by atoms with E-state index in [1.54, 1.807) is 6.20 Å². The van der Waals surface area contributed by atoms with E-state index in [1.165, 1.54) is 26.1 Å². The van der Waals surface area contributed by atoms with Gasteiger partial charge < -0.3 is 15.0 Å². The van der Waals surface area contributed by atoms with Crippen molar-refractivity contribution in [1.82, 2.24) is 15.3 Å². The maximum absolute atomic E-state index is 11.4. The third kappa shape index (κ3) is 3.64. The van der Waals surface area contributed by atoms with E-state index in [0.717, 1.165) is 19.6 Å². The van der Waals surface area contributed by atoms with E-state index in [0.29, 0.717) is 11.7 Å². The third-order valence-corrected chi connectivity index (χ3v) is 3.40. The number of piperidine rings is 1. The minimum atomic E-state index is -0.454. The highest BCUT2D eigenvalue weighted by molar-refractivity contribution is 5.87. The maximum atomic E-state index is 11.4. The maximum Gasteiger partial charge on any atom is 0.358 e. The minimum Gasteiger partial charge on any atom is -0.464 e. The number of hydrogen-bond donors (Lipinski definition) is 1. The molecule has 6 nitrogen and oxygen atoms in total. The second-order valence-corrected chi connectivity index (χ2v) is 4.83. The Morgan fingerprint density at radius 2 is 2.21 bits per heavy atom. The number of carbonyl (C=O) groups excluding carboxylic acids is 1. The van der Waals surface area contributed by atoms with E-state index >= 15 is 0 Å². The Hall–Kier alpha value is -1.69. The van der Waals surface area contributed by atoms with E-state index in [-0.39, 0.29) is 5.69 Å². The van der Waals surface area contributed by atoms with E-state index in [9.17, 15) is 4.79 Å².